The fraction of sp³-hybridized carbons (Fsp3) is 0.500. The Morgan fingerprint density at radius 3 is 2.50 bits per heavy atom. The number of anilines is 1. The molecule has 0 aliphatic rings. The molecule has 1 aromatic rings. The molecule has 1 N–H and O–H groups in total. The van der Waals surface area contributed by atoms with Crippen molar-refractivity contribution < 1.29 is 0 Å². The molecule has 1 aromatic heterocycles. The molecule has 0 saturated heterocycles. The first kappa shape index (κ1) is 9.04. The van der Waals surface area contributed by atoms with Crippen LogP contribution in [-0.4, -0.2) is 10.5 Å². The fourth-order valence-electron chi connectivity index (χ4n) is 1.06. The highest BCUT2D eigenvalue weighted by atomic mass is 15.0. The molecule has 1 heterocycles. The summed E-state index contributed by atoms with van der Waals surface area (Å²) in [6, 6.07) is 4.03. The van der Waals surface area contributed by atoms with Gasteiger partial charge in [-0.3, -0.25) is 4.98 Å². The van der Waals surface area contributed by atoms with Gasteiger partial charge in [-0.2, -0.15) is 0 Å². The number of aromatic nitrogens is 1. The molecule has 0 amide bonds. The number of rotatable bonds is 1. The molecular weight excluding hydrogens is 148 g/mol. The molecule has 2 nitrogen and oxygen atoms in total. The van der Waals surface area contributed by atoms with Gasteiger partial charge in [0.05, 0.1) is 0 Å². The highest BCUT2D eigenvalue weighted by molar-refractivity contribution is 5.44. The maximum atomic E-state index is 4.13. The second-order valence-electron chi connectivity index (χ2n) is 4.06. The number of nitrogens with zero attached hydrogens (tertiary/aromatic N) is 1. The molecule has 0 fully saturated rings. The van der Waals surface area contributed by atoms with Gasteiger partial charge in [-0.1, -0.05) is 0 Å². The minimum Gasteiger partial charge on any atom is -0.380 e. The lowest BCUT2D eigenvalue weighted by atomic mass is 10.1. The van der Waals surface area contributed by atoms with Crippen molar-refractivity contribution in [2.24, 2.45) is 0 Å². The summed E-state index contributed by atoms with van der Waals surface area (Å²) in [6.45, 7) is 8.42. The van der Waals surface area contributed by atoms with Gasteiger partial charge in [0.15, 0.2) is 0 Å². The molecule has 0 aromatic carbocycles. The van der Waals surface area contributed by atoms with Crippen molar-refractivity contribution in [2.75, 3.05) is 5.32 Å². The Balaban J connectivity index is 2.77. The third-order valence-electron chi connectivity index (χ3n) is 1.42. The van der Waals surface area contributed by atoms with Crippen molar-refractivity contribution in [1.82, 2.24) is 4.98 Å². The van der Waals surface area contributed by atoms with Gasteiger partial charge in [-0.25, -0.2) is 0 Å². The summed E-state index contributed by atoms with van der Waals surface area (Å²) in [4.78, 5) is 4.13. The number of pyridine rings is 1. The zero-order valence-corrected chi connectivity index (χ0v) is 8.18. The van der Waals surface area contributed by atoms with E-state index in [2.05, 4.69) is 31.1 Å². The number of nitrogens with one attached hydrogen (secondary N) is 1. The monoisotopic (exact) mass is 164 g/mol. The summed E-state index contributed by atoms with van der Waals surface area (Å²) >= 11 is 0. The van der Waals surface area contributed by atoms with Crippen molar-refractivity contribution in [1.29, 1.82) is 0 Å². The van der Waals surface area contributed by atoms with E-state index in [4.69, 9.17) is 0 Å². The quantitative estimate of drug-likeness (QED) is 0.690. The summed E-state index contributed by atoms with van der Waals surface area (Å²) in [5.74, 6) is 0. The molecule has 1 rings (SSSR count). The normalized spacial score (nSPS) is 11.3. The van der Waals surface area contributed by atoms with Crippen molar-refractivity contribution in [3.05, 3.63) is 24.0 Å². The Hall–Kier alpha value is -1.05. The highest BCUT2D eigenvalue weighted by Crippen LogP contribution is 2.13. The Labute approximate surface area is 74.0 Å². The predicted molar refractivity (Wildman–Crippen MR) is 52.3 cm³/mol. The fourth-order valence-corrected chi connectivity index (χ4v) is 1.06. The molecule has 0 spiro atoms. The van der Waals surface area contributed by atoms with Crippen molar-refractivity contribution in [3.8, 4) is 0 Å². The van der Waals surface area contributed by atoms with Gasteiger partial charge in [-0.15, -0.1) is 0 Å². The molecule has 66 valence electrons. The van der Waals surface area contributed by atoms with Crippen molar-refractivity contribution >= 4 is 5.69 Å². The van der Waals surface area contributed by atoms with Crippen LogP contribution >= 0.6 is 0 Å². The van der Waals surface area contributed by atoms with E-state index in [0.29, 0.717) is 0 Å². The molecule has 0 unspecified atom stereocenters. The average Bonchev–Trinajstić information content (AvgIpc) is 1.82. The van der Waals surface area contributed by atoms with E-state index in [0.717, 1.165) is 11.4 Å². The zero-order valence-electron chi connectivity index (χ0n) is 8.18. The molecule has 2 heteroatoms. The third-order valence-corrected chi connectivity index (χ3v) is 1.42. The minimum atomic E-state index is 0.119. The summed E-state index contributed by atoms with van der Waals surface area (Å²) in [5.41, 5.74) is 2.30. The lowest BCUT2D eigenvalue weighted by Gasteiger charge is -2.22. The van der Waals surface area contributed by atoms with Gasteiger partial charge in [0.1, 0.15) is 0 Å². The largest absolute Gasteiger partial charge is 0.380 e. The molecule has 0 aliphatic carbocycles. The first-order valence-electron chi connectivity index (χ1n) is 4.18. The molecule has 12 heavy (non-hydrogen) atoms. The van der Waals surface area contributed by atoms with E-state index < -0.39 is 0 Å². The highest BCUT2D eigenvalue weighted by Gasteiger charge is 2.08. The lowest BCUT2D eigenvalue weighted by Crippen LogP contribution is -2.26. The second-order valence-corrected chi connectivity index (χ2v) is 4.06. The summed E-state index contributed by atoms with van der Waals surface area (Å²) in [7, 11) is 0. The average molecular weight is 164 g/mol. The number of aryl methyl sites for hydroxylation is 1. The minimum absolute atomic E-state index is 0.119. The van der Waals surface area contributed by atoms with E-state index in [1.165, 1.54) is 0 Å². The van der Waals surface area contributed by atoms with Crippen molar-refractivity contribution in [3.63, 3.8) is 0 Å². The van der Waals surface area contributed by atoms with E-state index in [1.54, 1.807) is 0 Å². The van der Waals surface area contributed by atoms with Gasteiger partial charge in [-0.05, 0) is 39.8 Å². The molecule has 0 bridgehead atoms. The Morgan fingerprint density at radius 1 is 1.33 bits per heavy atom. The first-order chi connectivity index (χ1) is 5.47. The van der Waals surface area contributed by atoms with Crippen LogP contribution in [0, 0.1) is 6.92 Å². The summed E-state index contributed by atoms with van der Waals surface area (Å²) < 4.78 is 0. The smallest absolute Gasteiger partial charge is 0.0393 e. The zero-order chi connectivity index (χ0) is 9.19. The van der Waals surface area contributed by atoms with E-state index >= 15 is 0 Å². The van der Waals surface area contributed by atoms with E-state index in [9.17, 15) is 0 Å². The standard InChI is InChI=1S/C10H16N2/c1-8-7-9(5-6-11-8)12-10(2,3)4/h5-7H,1-4H3,(H,11,12). The van der Waals surface area contributed by atoms with Crippen LogP contribution in [-0.2, 0) is 0 Å². The maximum Gasteiger partial charge on any atom is 0.0393 e. The van der Waals surface area contributed by atoms with E-state index in [1.807, 2.05) is 25.3 Å². The van der Waals surface area contributed by atoms with Gasteiger partial charge >= 0.3 is 0 Å². The van der Waals surface area contributed by atoms with Crippen LogP contribution < -0.4 is 5.32 Å². The topological polar surface area (TPSA) is 24.9 Å². The van der Waals surface area contributed by atoms with Crippen LogP contribution in [0.2, 0.25) is 0 Å². The van der Waals surface area contributed by atoms with Gasteiger partial charge in [0.25, 0.3) is 0 Å². The summed E-state index contributed by atoms with van der Waals surface area (Å²) in [5, 5.41) is 3.38. The van der Waals surface area contributed by atoms with Crippen molar-refractivity contribution in [2.45, 2.75) is 33.2 Å². The Morgan fingerprint density at radius 2 is 2.00 bits per heavy atom. The SMILES string of the molecule is Cc1cc(NC(C)(C)C)ccn1. The molecule has 0 atom stereocenters. The number of hydrogen-bond donors (Lipinski definition) is 1. The van der Waals surface area contributed by atoms with Crippen LogP contribution in [0.5, 0.6) is 0 Å². The Kier molecular flexibility index (Phi) is 2.36. The van der Waals surface area contributed by atoms with Gasteiger partial charge < -0.3 is 5.32 Å². The molecule has 0 saturated carbocycles. The molecule has 0 radical (unpaired) electrons. The van der Waals surface area contributed by atoms with Crippen LogP contribution in [0.25, 0.3) is 0 Å². The molecular formula is C10H16N2. The predicted octanol–water partition coefficient (Wildman–Crippen LogP) is 2.60. The Bertz CT molecular complexity index is 261. The van der Waals surface area contributed by atoms with Crippen LogP contribution in [0.1, 0.15) is 26.5 Å². The molecule has 0 aliphatic heterocycles. The van der Waals surface area contributed by atoms with Gasteiger partial charge in [0.2, 0.25) is 0 Å². The first-order valence-corrected chi connectivity index (χ1v) is 4.18. The summed E-state index contributed by atoms with van der Waals surface area (Å²) in [6.07, 6.45) is 1.82. The number of hydrogen-bond acceptors (Lipinski definition) is 2. The maximum absolute atomic E-state index is 4.13. The second kappa shape index (κ2) is 3.13. The van der Waals surface area contributed by atoms with Gasteiger partial charge in [0, 0.05) is 23.1 Å². The third kappa shape index (κ3) is 2.91. The van der Waals surface area contributed by atoms with Crippen LogP contribution in [0.15, 0.2) is 18.3 Å². The van der Waals surface area contributed by atoms with Crippen LogP contribution in [0.3, 0.4) is 0 Å². The lowest BCUT2D eigenvalue weighted by molar-refractivity contribution is 0.634. The van der Waals surface area contributed by atoms with Crippen LogP contribution in [0.4, 0.5) is 5.69 Å². The van der Waals surface area contributed by atoms with E-state index in [-0.39, 0.29) is 5.54 Å².